The van der Waals surface area contributed by atoms with Crippen LogP contribution < -0.4 is 15.6 Å². The summed E-state index contributed by atoms with van der Waals surface area (Å²) >= 11 is 9.70. The molecule has 0 aliphatic rings. The zero-order valence-corrected chi connectivity index (χ0v) is 39.7. The van der Waals surface area contributed by atoms with Gasteiger partial charge in [0.25, 0.3) is 0 Å². The van der Waals surface area contributed by atoms with Crippen molar-refractivity contribution in [2.45, 2.75) is 59.3 Å². The minimum atomic E-state index is -3.69. The Balaban J connectivity index is 1.48. The first-order valence-electron chi connectivity index (χ1n) is 23.1. The van der Waals surface area contributed by atoms with E-state index in [-0.39, 0.29) is 0 Å². The van der Waals surface area contributed by atoms with Gasteiger partial charge < -0.3 is 0 Å². The summed E-state index contributed by atoms with van der Waals surface area (Å²) in [6.45, 7) is 6.95. The number of benzene rings is 9. The molecule has 0 amide bonds. The van der Waals surface area contributed by atoms with E-state index in [4.69, 9.17) is 0 Å². The monoisotopic (exact) mass is 876 g/mol. The smallest absolute Gasteiger partial charge is 0.149 e. The van der Waals surface area contributed by atoms with Crippen molar-refractivity contribution < 1.29 is 0 Å². The molecule has 0 fully saturated rings. The van der Waals surface area contributed by atoms with Gasteiger partial charge in [-0.2, -0.15) is 0 Å². The molecule has 0 spiro atoms. The van der Waals surface area contributed by atoms with Gasteiger partial charge in [0.1, 0.15) is 0 Å². The first-order valence-corrected chi connectivity index (χ1v) is 26.1. The molecule has 0 N–H and O–H groups in total. The Morgan fingerprint density at radius 1 is 0.262 bits per heavy atom. The van der Waals surface area contributed by atoms with Crippen molar-refractivity contribution in [2.24, 2.45) is 0 Å². The number of aryl methyl sites for hydroxylation is 3. The van der Waals surface area contributed by atoms with Crippen molar-refractivity contribution in [1.82, 2.24) is 0 Å². The van der Waals surface area contributed by atoms with E-state index in [1.165, 1.54) is 99.0 Å². The van der Waals surface area contributed by atoms with Crippen LogP contribution in [-0.4, -0.2) is 7.38 Å². The van der Waals surface area contributed by atoms with Gasteiger partial charge in [0.2, 0.25) is 7.38 Å². The lowest BCUT2D eigenvalue weighted by Gasteiger charge is -2.39. The SMILES string of the molecule is Cc1ccc(Cc2ccccc2)c([Si](Cl)(c2c(Cc3ccccc3)ccc(C)c2Cc2ccccc2)c2c(Cc3ccccc3)ccc(C)c2Cc2ccccc2)c1Cc1ccccc1. The number of halogens is 1. The predicted molar refractivity (Wildman–Crippen MR) is 280 cm³/mol. The molecular weight excluding hydrogens is 820 g/mol. The van der Waals surface area contributed by atoms with E-state index in [9.17, 15) is 11.1 Å². The predicted octanol–water partition coefficient (Wildman–Crippen LogP) is 13.4. The lowest BCUT2D eigenvalue weighted by Crippen LogP contribution is -2.68. The number of hydrogen-bond donors (Lipinski definition) is 0. The third kappa shape index (κ3) is 9.79. The summed E-state index contributed by atoms with van der Waals surface area (Å²) in [6.07, 6.45) is 4.69. The normalized spacial score (nSPS) is 11.4. The highest BCUT2D eigenvalue weighted by molar-refractivity contribution is 7.41. The molecule has 0 bridgehead atoms. The molecule has 0 saturated heterocycles. The summed E-state index contributed by atoms with van der Waals surface area (Å²) in [5.74, 6) is 0. The van der Waals surface area contributed by atoms with E-state index in [2.05, 4.69) is 239 Å². The van der Waals surface area contributed by atoms with Crippen LogP contribution >= 0.6 is 11.1 Å². The van der Waals surface area contributed by atoms with Crippen LogP contribution in [-0.2, 0) is 38.5 Å². The number of rotatable bonds is 15. The molecule has 0 nitrogen and oxygen atoms in total. The van der Waals surface area contributed by atoms with E-state index in [1.807, 2.05) is 0 Å². The molecule has 320 valence electrons. The summed E-state index contributed by atoms with van der Waals surface area (Å²) in [7, 11) is -3.69. The molecular formula is C63H57ClSi. The van der Waals surface area contributed by atoms with Crippen LogP contribution in [0.4, 0.5) is 0 Å². The first-order chi connectivity index (χ1) is 31.8. The topological polar surface area (TPSA) is 0 Å². The van der Waals surface area contributed by atoms with Gasteiger partial charge in [0.15, 0.2) is 0 Å². The lowest BCUT2D eigenvalue weighted by molar-refractivity contribution is 1.11. The van der Waals surface area contributed by atoms with Gasteiger partial charge in [0, 0.05) is 0 Å². The Hall–Kier alpha value is -6.51. The molecule has 0 heterocycles. The summed E-state index contributed by atoms with van der Waals surface area (Å²) in [5.41, 5.74) is 19.5. The van der Waals surface area contributed by atoms with Crippen LogP contribution in [0.1, 0.15) is 83.5 Å². The van der Waals surface area contributed by atoms with E-state index in [0.717, 1.165) is 38.5 Å². The minimum absolute atomic E-state index is 0.779. The maximum atomic E-state index is 9.70. The molecule has 0 unspecified atom stereocenters. The molecule has 0 aliphatic heterocycles. The molecule has 65 heavy (non-hydrogen) atoms. The van der Waals surface area contributed by atoms with Gasteiger partial charge in [-0.15, -0.1) is 11.1 Å². The summed E-state index contributed by atoms with van der Waals surface area (Å²) < 4.78 is 0. The molecule has 9 aromatic rings. The summed E-state index contributed by atoms with van der Waals surface area (Å²) in [5, 5.41) is 4.03. The Morgan fingerprint density at radius 2 is 0.462 bits per heavy atom. The van der Waals surface area contributed by atoms with Crippen molar-refractivity contribution in [1.29, 1.82) is 0 Å². The molecule has 0 saturated carbocycles. The molecule has 0 aliphatic carbocycles. The fraction of sp³-hybridized carbons (Fsp3) is 0.143. The Bertz CT molecular complexity index is 2650. The Morgan fingerprint density at radius 3 is 0.677 bits per heavy atom. The molecule has 9 rings (SSSR count). The zero-order chi connectivity index (χ0) is 44.6. The van der Waals surface area contributed by atoms with E-state index in [1.54, 1.807) is 0 Å². The van der Waals surface area contributed by atoms with E-state index < -0.39 is 7.38 Å². The van der Waals surface area contributed by atoms with Gasteiger partial charge in [-0.05, 0) is 158 Å². The molecule has 2 heteroatoms. The minimum Gasteiger partial charge on any atom is -0.149 e. The average molecular weight is 878 g/mol. The third-order valence-electron chi connectivity index (χ3n) is 13.3. The highest BCUT2D eigenvalue weighted by Gasteiger charge is 2.47. The van der Waals surface area contributed by atoms with Gasteiger partial charge in [-0.3, -0.25) is 0 Å². The number of hydrogen-bond acceptors (Lipinski definition) is 0. The van der Waals surface area contributed by atoms with Gasteiger partial charge in [-0.1, -0.05) is 218 Å². The van der Waals surface area contributed by atoms with E-state index >= 15 is 0 Å². The van der Waals surface area contributed by atoms with Crippen LogP contribution in [0, 0.1) is 20.8 Å². The van der Waals surface area contributed by atoms with Crippen molar-refractivity contribution in [3.05, 3.63) is 302 Å². The van der Waals surface area contributed by atoms with Crippen LogP contribution in [0.2, 0.25) is 0 Å². The van der Waals surface area contributed by atoms with Crippen LogP contribution in [0.25, 0.3) is 0 Å². The summed E-state index contributed by atoms with van der Waals surface area (Å²) in [6, 6.07) is 80.6. The quantitative estimate of drug-likeness (QED) is 0.0547. The highest BCUT2D eigenvalue weighted by Crippen LogP contribution is 2.32. The van der Waals surface area contributed by atoms with Gasteiger partial charge >= 0.3 is 0 Å². The van der Waals surface area contributed by atoms with Crippen molar-refractivity contribution in [2.75, 3.05) is 0 Å². The van der Waals surface area contributed by atoms with Crippen molar-refractivity contribution in [3.8, 4) is 0 Å². The maximum Gasteiger partial charge on any atom is 0.249 e. The second-order valence-corrected chi connectivity index (χ2v) is 22.3. The molecule has 9 aromatic carbocycles. The maximum absolute atomic E-state index is 9.70. The van der Waals surface area contributed by atoms with Crippen LogP contribution in [0.3, 0.4) is 0 Å². The highest BCUT2D eigenvalue weighted by atomic mass is 35.6. The van der Waals surface area contributed by atoms with Crippen molar-refractivity contribution in [3.63, 3.8) is 0 Å². The Kier molecular flexibility index (Phi) is 13.5. The molecule has 0 radical (unpaired) electrons. The fourth-order valence-corrected chi connectivity index (χ4v) is 16.9. The standard InChI is InChI=1S/C63H57ClSi/c1-46-34-37-55(40-49-22-10-4-11-23-49)61(58(46)43-52-28-16-7-17-29-52)65(64,62-56(41-50-24-12-5-13-25-50)38-35-47(2)59(62)44-53-30-18-8-19-31-53)63-57(42-51-26-14-6-15-27-51)39-36-48(3)60(63)45-54-32-20-9-21-33-54/h4-39H,40-45H2,1-3H3. The van der Waals surface area contributed by atoms with Gasteiger partial charge in [0.05, 0.1) is 0 Å². The lowest BCUT2D eigenvalue weighted by atomic mass is 9.94. The fourth-order valence-electron chi connectivity index (χ4n) is 10.0. The van der Waals surface area contributed by atoms with E-state index in [0.29, 0.717) is 0 Å². The largest absolute Gasteiger partial charge is 0.249 e. The van der Waals surface area contributed by atoms with Crippen LogP contribution in [0.15, 0.2) is 218 Å². The Labute approximate surface area is 393 Å². The summed E-state index contributed by atoms with van der Waals surface area (Å²) in [4.78, 5) is 0. The molecule has 0 aromatic heterocycles. The molecule has 0 atom stereocenters. The second-order valence-electron chi connectivity index (χ2n) is 17.8. The van der Waals surface area contributed by atoms with Crippen LogP contribution in [0.5, 0.6) is 0 Å². The van der Waals surface area contributed by atoms with Crippen molar-refractivity contribution >= 4 is 34.0 Å². The first kappa shape index (κ1) is 43.7. The third-order valence-corrected chi connectivity index (χ3v) is 19.0. The zero-order valence-electron chi connectivity index (χ0n) is 37.9. The van der Waals surface area contributed by atoms with Gasteiger partial charge in [-0.25, -0.2) is 0 Å². The second kappa shape index (κ2) is 20.1. The average Bonchev–Trinajstić information content (AvgIpc) is 3.34.